The van der Waals surface area contributed by atoms with Crippen LogP contribution in [0.3, 0.4) is 0 Å². The topological polar surface area (TPSA) is 80.5 Å². The number of aliphatic hydroxyl groups excluding tert-OH is 1. The van der Waals surface area contributed by atoms with E-state index < -0.39 is 17.7 Å². The summed E-state index contributed by atoms with van der Waals surface area (Å²) in [6, 6.07) is 15.7. The highest BCUT2D eigenvalue weighted by molar-refractivity contribution is 6.46. The molecule has 0 aromatic heterocycles. The molecule has 2 aromatic carbocycles. The number of hydrogen-bond acceptors (Lipinski definition) is 5. The molecule has 2 aromatic rings. The van der Waals surface area contributed by atoms with E-state index in [1.807, 2.05) is 44.2 Å². The fourth-order valence-electron chi connectivity index (χ4n) is 4.40. The van der Waals surface area contributed by atoms with E-state index in [-0.39, 0.29) is 17.4 Å². The van der Waals surface area contributed by atoms with Crippen LogP contribution in [0, 0.1) is 0 Å². The number of carbonyl (C=O) groups excluding carboxylic acids is 2. The van der Waals surface area contributed by atoms with Gasteiger partial charge in [0.25, 0.3) is 11.7 Å². The molecule has 2 N–H and O–H groups in total. The SMILES string of the molecule is CC(C)Oc1ccc(/C(O)=C2\C(=O)C(=O)N(CC[NH+]3CCOCC3)[C@H]2c2ccccc2)cc1. The summed E-state index contributed by atoms with van der Waals surface area (Å²) >= 11 is 0. The van der Waals surface area contributed by atoms with Gasteiger partial charge in [-0.05, 0) is 43.7 Å². The lowest BCUT2D eigenvalue weighted by Crippen LogP contribution is -3.14. The first-order valence-corrected chi connectivity index (χ1v) is 11.5. The molecule has 0 saturated carbocycles. The van der Waals surface area contributed by atoms with Gasteiger partial charge in [-0.25, -0.2) is 0 Å². The molecule has 7 nitrogen and oxygen atoms in total. The van der Waals surface area contributed by atoms with Crippen LogP contribution in [0.5, 0.6) is 5.75 Å². The van der Waals surface area contributed by atoms with Gasteiger partial charge in [-0.2, -0.15) is 0 Å². The van der Waals surface area contributed by atoms with E-state index in [1.54, 1.807) is 29.2 Å². The highest BCUT2D eigenvalue weighted by Crippen LogP contribution is 2.39. The summed E-state index contributed by atoms with van der Waals surface area (Å²) in [5.41, 5.74) is 1.40. The quantitative estimate of drug-likeness (QED) is 0.381. The standard InChI is InChI=1S/C26H30N2O5/c1-18(2)33-21-10-8-20(9-11-21)24(29)22-23(19-6-4-3-5-7-19)28(26(31)25(22)30)13-12-27-14-16-32-17-15-27/h3-11,18,23,29H,12-17H2,1-2H3/p+1/b24-22+/t23-/m0/s1. The second kappa shape index (κ2) is 10.2. The van der Waals surface area contributed by atoms with Crippen molar-refractivity contribution in [3.8, 4) is 5.75 Å². The number of aliphatic hydroxyl groups is 1. The number of nitrogens with zero attached hydrogens (tertiary/aromatic N) is 1. The second-order valence-electron chi connectivity index (χ2n) is 8.71. The third kappa shape index (κ3) is 5.10. The van der Waals surface area contributed by atoms with Gasteiger partial charge < -0.3 is 24.4 Å². The van der Waals surface area contributed by atoms with E-state index in [4.69, 9.17) is 9.47 Å². The minimum absolute atomic E-state index is 0.0291. The summed E-state index contributed by atoms with van der Waals surface area (Å²) < 4.78 is 11.1. The lowest BCUT2D eigenvalue weighted by Gasteiger charge is -2.29. The molecule has 174 valence electrons. The van der Waals surface area contributed by atoms with Crippen LogP contribution >= 0.6 is 0 Å². The highest BCUT2D eigenvalue weighted by atomic mass is 16.5. The van der Waals surface area contributed by atoms with Crippen LogP contribution in [-0.4, -0.2) is 67.2 Å². The number of nitrogens with one attached hydrogen (secondary N) is 1. The molecule has 0 bridgehead atoms. The van der Waals surface area contributed by atoms with Gasteiger partial charge >= 0.3 is 0 Å². The van der Waals surface area contributed by atoms with E-state index in [1.165, 1.54) is 4.90 Å². The number of rotatable bonds is 7. The van der Waals surface area contributed by atoms with Crippen molar-refractivity contribution >= 4 is 17.4 Å². The predicted molar refractivity (Wildman–Crippen MR) is 124 cm³/mol. The molecule has 2 heterocycles. The number of benzene rings is 2. The van der Waals surface area contributed by atoms with Gasteiger partial charge in [0, 0.05) is 5.56 Å². The molecule has 0 unspecified atom stereocenters. The van der Waals surface area contributed by atoms with Crippen molar-refractivity contribution in [2.45, 2.75) is 26.0 Å². The number of Topliss-reactive ketones (excluding diaryl/α,β-unsaturated/α-hetero) is 1. The summed E-state index contributed by atoms with van der Waals surface area (Å²) in [5.74, 6) is -0.715. The van der Waals surface area contributed by atoms with Crippen LogP contribution < -0.4 is 9.64 Å². The Morgan fingerprint density at radius 3 is 2.39 bits per heavy atom. The molecule has 0 radical (unpaired) electrons. The molecule has 2 fully saturated rings. The number of hydrogen-bond donors (Lipinski definition) is 2. The zero-order valence-corrected chi connectivity index (χ0v) is 19.1. The van der Waals surface area contributed by atoms with E-state index >= 15 is 0 Å². The Bertz CT molecular complexity index is 1010. The molecule has 4 rings (SSSR count). The molecule has 7 heteroatoms. The van der Waals surface area contributed by atoms with E-state index in [2.05, 4.69) is 0 Å². The number of quaternary nitrogens is 1. The minimum Gasteiger partial charge on any atom is -0.507 e. The largest absolute Gasteiger partial charge is 0.507 e. The van der Waals surface area contributed by atoms with Gasteiger partial charge in [0.15, 0.2) is 0 Å². The normalized spacial score (nSPS) is 21.1. The molecule has 1 atom stereocenters. The Morgan fingerprint density at radius 1 is 1.09 bits per heavy atom. The Labute approximate surface area is 194 Å². The molecule has 2 aliphatic heterocycles. The second-order valence-corrected chi connectivity index (χ2v) is 8.71. The van der Waals surface area contributed by atoms with E-state index in [9.17, 15) is 14.7 Å². The number of morpholine rings is 1. The monoisotopic (exact) mass is 451 g/mol. The average Bonchev–Trinajstić information content (AvgIpc) is 3.08. The van der Waals surface area contributed by atoms with Crippen molar-refractivity contribution in [3.63, 3.8) is 0 Å². The van der Waals surface area contributed by atoms with Gasteiger partial charge in [0.2, 0.25) is 0 Å². The number of carbonyl (C=O) groups is 2. The molecular weight excluding hydrogens is 420 g/mol. The highest BCUT2D eigenvalue weighted by Gasteiger charge is 2.46. The zero-order valence-electron chi connectivity index (χ0n) is 19.1. The summed E-state index contributed by atoms with van der Waals surface area (Å²) in [6.07, 6.45) is 0.0291. The fourth-order valence-corrected chi connectivity index (χ4v) is 4.40. The van der Waals surface area contributed by atoms with Crippen LogP contribution in [0.15, 0.2) is 60.2 Å². The first-order valence-electron chi connectivity index (χ1n) is 11.5. The van der Waals surface area contributed by atoms with Crippen molar-refractivity contribution in [2.75, 3.05) is 39.4 Å². The Hall–Kier alpha value is -3.16. The van der Waals surface area contributed by atoms with Gasteiger partial charge in [0.05, 0.1) is 44.0 Å². The summed E-state index contributed by atoms with van der Waals surface area (Å²) in [7, 11) is 0. The van der Waals surface area contributed by atoms with Crippen molar-refractivity contribution in [2.24, 2.45) is 0 Å². The maximum atomic E-state index is 13.1. The Kier molecular flexibility index (Phi) is 7.11. The summed E-state index contributed by atoms with van der Waals surface area (Å²) in [5, 5.41) is 11.2. The third-order valence-electron chi connectivity index (χ3n) is 6.06. The van der Waals surface area contributed by atoms with Crippen LogP contribution in [0.1, 0.15) is 31.0 Å². The smallest absolute Gasteiger partial charge is 0.295 e. The van der Waals surface area contributed by atoms with Gasteiger partial charge in [-0.15, -0.1) is 0 Å². The number of amides is 1. The first-order chi connectivity index (χ1) is 16.0. The van der Waals surface area contributed by atoms with E-state index in [0.29, 0.717) is 31.1 Å². The third-order valence-corrected chi connectivity index (χ3v) is 6.06. The summed E-state index contributed by atoms with van der Waals surface area (Å²) in [6.45, 7) is 8.19. The van der Waals surface area contributed by atoms with Crippen molar-refractivity contribution < 1.29 is 29.1 Å². The van der Waals surface area contributed by atoms with Crippen molar-refractivity contribution in [3.05, 3.63) is 71.3 Å². The zero-order chi connectivity index (χ0) is 23.4. The van der Waals surface area contributed by atoms with Crippen LogP contribution in [-0.2, 0) is 14.3 Å². The van der Waals surface area contributed by atoms with Crippen LogP contribution in [0.2, 0.25) is 0 Å². The van der Waals surface area contributed by atoms with Crippen molar-refractivity contribution in [1.82, 2.24) is 4.90 Å². The minimum atomic E-state index is -0.652. The maximum Gasteiger partial charge on any atom is 0.295 e. The number of likely N-dealkylation sites (tertiary alicyclic amines) is 1. The van der Waals surface area contributed by atoms with Gasteiger partial charge in [-0.1, -0.05) is 30.3 Å². The molecule has 1 amide bonds. The van der Waals surface area contributed by atoms with Gasteiger partial charge in [-0.3, -0.25) is 9.59 Å². The average molecular weight is 452 g/mol. The first kappa shape index (κ1) is 23.0. The molecule has 2 saturated heterocycles. The lowest BCUT2D eigenvalue weighted by molar-refractivity contribution is -0.907. The van der Waals surface area contributed by atoms with Crippen molar-refractivity contribution in [1.29, 1.82) is 0 Å². The van der Waals surface area contributed by atoms with E-state index in [0.717, 1.165) is 25.2 Å². The Balaban J connectivity index is 1.67. The maximum absolute atomic E-state index is 13.1. The molecular formula is C26H31N2O5+. The molecule has 0 spiro atoms. The molecule has 0 aliphatic carbocycles. The lowest BCUT2D eigenvalue weighted by atomic mass is 9.95. The predicted octanol–water partition coefficient (Wildman–Crippen LogP) is 1.81. The summed E-state index contributed by atoms with van der Waals surface area (Å²) in [4.78, 5) is 29.1. The molecule has 33 heavy (non-hydrogen) atoms. The fraction of sp³-hybridized carbons (Fsp3) is 0.385. The number of ketones is 1. The number of ether oxygens (including phenoxy) is 2. The van der Waals surface area contributed by atoms with Crippen LogP contribution in [0.4, 0.5) is 0 Å². The van der Waals surface area contributed by atoms with Crippen LogP contribution in [0.25, 0.3) is 5.76 Å². The molecule has 2 aliphatic rings. The Morgan fingerprint density at radius 2 is 1.76 bits per heavy atom. The van der Waals surface area contributed by atoms with Gasteiger partial charge in [0.1, 0.15) is 24.6 Å².